The lowest BCUT2D eigenvalue weighted by Crippen LogP contribution is -2.18. The second kappa shape index (κ2) is 5.23. The fourth-order valence-corrected chi connectivity index (χ4v) is 1.50. The molecule has 92 valence electrons. The van der Waals surface area contributed by atoms with Gasteiger partial charge in [0.05, 0.1) is 13.1 Å². The summed E-state index contributed by atoms with van der Waals surface area (Å²) >= 11 is 0. The number of ether oxygens (including phenoxy) is 1. The van der Waals surface area contributed by atoms with E-state index in [1.807, 2.05) is 24.3 Å². The van der Waals surface area contributed by atoms with Crippen molar-refractivity contribution in [3.63, 3.8) is 0 Å². The Morgan fingerprint density at radius 1 is 1.22 bits per heavy atom. The molecule has 2 rings (SSSR count). The lowest BCUT2D eigenvalue weighted by Gasteiger charge is -2.00. The minimum atomic E-state index is -1.25. The van der Waals surface area contributed by atoms with Crippen LogP contribution in [-0.4, -0.2) is 13.1 Å². The molecule has 2 aromatic rings. The van der Waals surface area contributed by atoms with Crippen molar-refractivity contribution in [1.29, 1.82) is 0 Å². The maximum atomic E-state index is 10.3. The molecule has 0 atom stereocenters. The Morgan fingerprint density at radius 3 is 2.56 bits per heavy atom. The smallest absolute Gasteiger partial charge is 0.134 e. The highest BCUT2D eigenvalue weighted by Crippen LogP contribution is 2.24. The number of furan rings is 1. The molecule has 18 heavy (non-hydrogen) atoms. The molecule has 0 saturated carbocycles. The Morgan fingerprint density at radius 2 is 1.94 bits per heavy atom. The molecule has 4 heteroatoms. The van der Waals surface area contributed by atoms with E-state index in [2.05, 4.69) is 0 Å². The van der Waals surface area contributed by atoms with Crippen LogP contribution in [0.5, 0.6) is 5.75 Å². The second-order valence-corrected chi connectivity index (χ2v) is 3.58. The van der Waals surface area contributed by atoms with E-state index in [0.29, 0.717) is 11.5 Å². The van der Waals surface area contributed by atoms with Crippen LogP contribution in [0.2, 0.25) is 0 Å². The summed E-state index contributed by atoms with van der Waals surface area (Å²) in [5, 5.41) is 10.3. The van der Waals surface area contributed by atoms with Crippen LogP contribution in [0.1, 0.15) is 5.76 Å². The van der Waals surface area contributed by atoms with Gasteiger partial charge in [0, 0.05) is 5.56 Å². The molecule has 0 N–H and O–H groups in total. The Balaban J connectivity index is 2.20. The average molecular weight is 243 g/mol. The Labute approximate surface area is 104 Å². The molecule has 1 heterocycles. The minimum absolute atomic E-state index is 0.463. The quantitative estimate of drug-likeness (QED) is 0.767. The molecule has 0 saturated heterocycles. The minimum Gasteiger partial charge on any atom is -0.545 e. The number of carbonyl (C=O) groups is 1. The molecule has 0 aliphatic rings. The Hall–Kier alpha value is -2.49. The predicted octanol–water partition coefficient (Wildman–Crippen LogP) is 1.72. The van der Waals surface area contributed by atoms with E-state index in [1.54, 1.807) is 19.2 Å². The molecule has 1 aromatic carbocycles. The summed E-state index contributed by atoms with van der Waals surface area (Å²) in [6.45, 7) is 0. The fraction of sp³-hybridized carbons (Fsp3) is 0.0714. The average Bonchev–Trinajstić information content (AvgIpc) is 2.85. The summed E-state index contributed by atoms with van der Waals surface area (Å²) in [4.78, 5) is 10.3. The van der Waals surface area contributed by atoms with Crippen molar-refractivity contribution < 1.29 is 19.1 Å². The molecule has 0 fully saturated rings. The number of carbonyl (C=O) groups excluding carboxylic acids is 1. The first-order valence-corrected chi connectivity index (χ1v) is 5.32. The van der Waals surface area contributed by atoms with Gasteiger partial charge in [0.25, 0.3) is 0 Å². The van der Waals surface area contributed by atoms with Crippen molar-refractivity contribution in [1.82, 2.24) is 0 Å². The van der Waals surface area contributed by atoms with Gasteiger partial charge in [-0.2, -0.15) is 0 Å². The summed E-state index contributed by atoms with van der Waals surface area (Å²) in [5.74, 6) is 0.639. The largest absolute Gasteiger partial charge is 0.545 e. The monoisotopic (exact) mass is 243 g/mol. The van der Waals surface area contributed by atoms with Crippen LogP contribution < -0.4 is 9.84 Å². The second-order valence-electron chi connectivity index (χ2n) is 3.58. The van der Waals surface area contributed by atoms with Crippen molar-refractivity contribution in [3.8, 4) is 17.1 Å². The summed E-state index contributed by atoms with van der Waals surface area (Å²) in [6, 6.07) is 10.9. The van der Waals surface area contributed by atoms with Gasteiger partial charge in [-0.05, 0) is 48.6 Å². The van der Waals surface area contributed by atoms with Crippen LogP contribution in [0.3, 0.4) is 0 Å². The molecule has 1 aromatic heterocycles. The predicted molar refractivity (Wildman–Crippen MR) is 64.7 cm³/mol. The lowest BCUT2D eigenvalue weighted by molar-refractivity contribution is -0.297. The van der Waals surface area contributed by atoms with E-state index >= 15 is 0 Å². The molecule has 0 aliphatic heterocycles. The van der Waals surface area contributed by atoms with Crippen molar-refractivity contribution in [2.45, 2.75) is 0 Å². The van der Waals surface area contributed by atoms with Crippen LogP contribution in [-0.2, 0) is 4.79 Å². The Kier molecular flexibility index (Phi) is 3.48. The summed E-state index contributed by atoms with van der Waals surface area (Å²) in [6.07, 6.45) is 2.28. The Bertz CT molecular complexity index is 564. The molecule has 0 spiro atoms. The topological polar surface area (TPSA) is 62.5 Å². The first-order valence-electron chi connectivity index (χ1n) is 5.32. The molecule has 0 bridgehead atoms. The van der Waals surface area contributed by atoms with Gasteiger partial charge in [-0.3, -0.25) is 0 Å². The van der Waals surface area contributed by atoms with Gasteiger partial charge in [0.15, 0.2) is 0 Å². The van der Waals surface area contributed by atoms with Crippen molar-refractivity contribution >= 4 is 12.0 Å². The van der Waals surface area contributed by atoms with E-state index < -0.39 is 5.97 Å². The first-order chi connectivity index (χ1) is 8.69. The van der Waals surface area contributed by atoms with Crippen molar-refractivity contribution in [2.75, 3.05) is 7.11 Å². The number of carboxylic acids is 1. The summed E-state index contributed by atoms with van der Waals surface area (Å²) in [7, 11) is 1.60. The zero-order chi connectivity index (χ0) is 13.0. The van der Waals surface area contributed by atoms with Crippen LogP contribution in [0.25, 0.3) is 17.4 Å². The van der Waals surface area contributed by atoms with Gasteiger partial charge in [-0.1, -0.05) is 0 Å². The zero-order valence-corrected chi connectivity index (χ0v) is 9.75. The summed E-state index contributed by atoms with van der Waals surface area (Å²) < 4.78 is 10.5. The number of hydrogen-bond donors (Lipinski definition) is 0. The fourth-order valence-electron chi connectivity index (χ4n) is 1.50. The zero-order valence-electron chi connectivity index (χ0n) is 9.75. The number of carboxylic acid groups (broad SMARTS) is 1. The van der Waals surface area contributed by atoms with Gasteiger partial charge < -0.3 is 19.1 Å². The molecular weight excluding hydrogens is 232 g/mol. The normalized spacial score (nSPS) is 10.7. The van der Waals surface area contributed by atoms with Gasteiger partial charge >= 0.3 is 0 Å². The molecule has 4 nitrogen and oxygen atoms in total. The molecule has 0 aliphatic carbocycles. The summed E-state index contributed by atoms with van der Waals surface area (Å²) in [5.41, 5.74) is 0.893. The number of benzene rings is 1. The highest BCUT2D eigenvalue weighted by Gasteiger charge is 2.03. The van der Waals surface area contributed by atoms with Crippen molar-refractivity contribution in [3.05, 3.63) is 48.2 Å². The molecule has 0 radical (unpaired) electrons. The number of aliphatic carboxylic acids is 1. The van der Waals surface area contributed by atoms with E-state index in [-0.39, 0.29) is 0 Å². The van der Waals surface area contributed by atoms with Gasteiger partial charge in [0.1, 0.15) is 17.3 Å². The van der Waals surface area contributed by atoms with Crippen molar-refractivity contribution in [2.24, 2.45) is 0 Å². The van der Waals surface area contributed by atoms with Crippen LogP contribution >= 0.6 is 0 Å². The maximum absolute atomic E-state index is 10.3. The molecule has 0 unspecified atom stereocenters. The highest BCUT2D eigenvalue weighted by atomic mass is 16.5. The van der Waals surface area contributed by atoms with E-state index in [0.717, 1.165) is 17.4 Å². The van der Waals surface area contributed by atoms with Crippen LogP contribution in [0.4, 0.5) is 0 Å². The SMILES string of the molecule is COc1ccc(-c2ccc(/C=C/C(=O)[O-])o2)cc1. The maximum Gasteiger partial charge on any atom is 0.134 e. The third-order valence-electron chi connectivity index (χ3n) is 2.39. The third kappa shape index (κ3) is 2.79. The van der Waals surface area contributed by atoms with E-state index in [9.17, 15) is 9.90 Å². The van der Waals surface area contributed by atoms with Gasteiger partial charge in [-0.15, -0.1) is 0 Å². The molecular formula is C14H11O4-. The number of methoxy groups -OCH3 is 1. The van der Waals surface area contributed by atoms with E-state index in [1.165, 1.54) is 6.08 Å². The van der Waals surface area contributed by atoms with Crippen LogP contribution in [0.15, 0.2) is 46.9 Å². The third-order valence-corrected chi connectivity index (χ3v) is 2.39. The highest BCUT2D eigenvalue weighted by molar-refractivity contribution is 5.83. The van der Waals surface area contributed by atoms with E-state index in [4.69, 9.17) is 9.15 Å². The van der Waals surface area contributed by atoms with Gasteiger partial charge in [-0.25, -0.2) is 0 Å². The number of hydrogen-bond acceptors (Lipinski definition) is 4. The number of rotatable bonds is 4. The lowest BCUT2D eigenvalue weighted by atomic mass is 10.2. The standard InChI is InChI=1S/C14H12O4/c1-17-11-4-2-10(3-5-11)13-8-6-12(18-13)7-9-14(15)16/h2-9H,1H3,(H,15,16)/p-1/b9-7+. The van der Waals surface area contributed by atoms with Gasteiger partial charge in [0.2, 0.25) is 0 Å². The molecule has 0 amide bonds. The first kappa shape index (κ1) is 12.0. The van der Waals surface area contributed by atoms with Crippen LogP contribution in [0, 0.1) is 0 Å².